The highest BCUT2D eigenvalue weighted by atomic mass is 15.2. The second-order valence-electron chi connectivity index (χ2n) is 6.28. The lowest BCUT2D eigenvalue weighted by Crippen LogP contribution is -2.35. The van der Waals surface area contributed by atoms with Gasteiger partial charge in [0.1, 0.15) is 0 Å². The normalized spacial score (nSPS) is 16.7. The zero-order valence-corrected chi connectivity index (χ0v) is 12.4. The third kappa shape index (κ3) is 4.32. The molecule has 2 nitrogen and oxygen atoms in total. The Morgan fingerprint density at radius 2 is 1.68 bits per heavy atom. The lowest BCUT2D eigenvalue weighted by atomic mass is 10.1. The first-order valence-electron chi connectivity index (χ1n) is 7.71. The molecule has 106 valence electrons. The molecule has 2 rings (SSSR count). The van der Waals surface area contributed by atoms with E-state index in [1.165, 1.54) is 43.4 Å². The number of hydrogen-bond donors (Lipinski definition) is 1. The standard InChI is InChI=1S/C17H28N2/c1-14(2)12-19(17-5-3-4-6-17)13-16-9-7-15(11-18)8-10-16/h7-10,14,17H,3-6,11-13,18H2,1-2H3. The van der Waals surface area contributed by atoms with Crippen molar-refractivity contribution in [1.29, 1.82) is 0 Å². The fraction of sp³-hybridized carbons (Fsp3) is 0.647. The second-order valence-corrected chi connectivity index (χ2v) is 6.28. The van der Waals surface area contributed by atoms with Crippen molar-refractivity contribution in [3.63, 3.8) is 0 Å². The van der Waals surface area contributed by atoms with Crippen LogP contribution in [0.2, 0.25) is 0 Å². The van der Waals surface area contributed by atoms with E-state index >= 15 is 0 Å². The van der Waals surface area contributed by atoms with Gasteiger partial charge in [-0.1, -0.05) is 51.0 Å². The molecule has 0 heterocycles. The summed E-state index contributed by atoms with van der Waals surface area (Å²) in [4.78, 5) is 2.69. The van der Waals surface area contributed by atoms with Crippen molar-refractivity contribution in [2.75, 3.05) is 6.54 Å². The summed E-state index contributed by atoms with van der Waals surface area (Å²) in [6.45, 7) is 7.58. The molecular weight excluding hydrogens is 232 g/mol. The Bertz CT molecular complexity index is 363. The van der Waals surface area contributed by atoms with Crippen LogP contribution in [0, 0.1) is 5.92 Å². The molecule has 1 aromatic carbocycles. The molecule has 0 aliphatic heterocycles. The van der Waals surface area contributed by atoms with Crippen LogP contribution in [-0.2, 0) is 13.1 Å². The van der Waals surface area contributed by atoms with Crippen LogP contribution in [0.1, 0.15) is 50.7 Å². The van der Waals surface area contributed by atoms with Crippen molar-refractivity contribution < 1.29 is 0 Å². The average Bonchev–Trinajstić information content (AvgIpc) is 2.92. The Labute approximate surface area is 118 Å². The summed E-state index contributed by atoms with van der Waals surface area (Å²) >= 11 is 0. The highest BCUT2D eigenvalue weighted by Crippen LogP contribution is 2.25. The smallest absolute Gasteiger partial charge is 0.0236 e. The van der Waals surface area contributed by atoms with Crippen LogP contribution < -0.4 is 5.73 Å². The first-order chi connectivity index (χ1) is 9.19. The zero-order chi connectivity index (χ0) is 13.7. The Kier molecular flexibility index (Phi) is 5.41. The highest BCUT2D eigenvalue weighted by Gasteiger charge is 2.23. The van der Waals surface area contributed by atoms with Crippen LogP contribution in [0.25, 0.3) is 0 Å². The van der Waals surface area contributed by atoms with Gasteiger partial charge in [0.25, 0.3) is 0 Å². The molecule has 1 aliphatic rings. The van der Waals surface area contributed by atoms with E-state index in [0.717, 1.165) is 18.5 Å². The predicted octanol–water partition coefficient (Wildman–Crippen LogP) is 3.55. The van der Waals surface area contributed by atoms with Gasteiger partial charge in [-0.15, -0.1) is 0 Å². The monoisotopic (exact) mass is 260 g/mol. The summed E-state index contributed by atoms with van der Waals surface area (Å²) in [6.07, 6.45) is 5.58. The van der Waals surface area contributed by atoms with E-state index in [9.17, 15) is 0 Å². The second kappa shape index (κ2) is 7.06. The van der Waals surface area contributed by atoms with Gasteiger partial charge in [0.05, 0.1) is 0 Å². The molecule has 0 radical (unpaired) electrons. The molecule has 1 saturated carbocycles. The number of hydrogen-bond acceptors (Lipinski definition) is 2. The Hall–Kier alpha value is -0.860. The van der Waals surface area contributed by atoms with E-state index in [1.54, 1.807) is 0 Å². The quantitative estimate of drug-likeness (QED) is 0.847. The van der Waals surface area contributed by atoms with Gasteiger partial charge in [-0.2, -0.15) is 0 Å². The molecule has 1 aliphatic carbocycles. The Morgan fingerprint density at radius 3 is 2.21 bits per heavy atom. The van der Waals surface area contributed by atoms with E-state index in [-0.39, 0.29) is 0 Å². The molecule has 0 amide bonds. The van der Waals surface area contributed by atoms with E-state index in [0.29, 0.717) is 6.54 Å². The summed E-state index contributed by atoms with van der Waals surface area (Å²) in [5.74, 6) is 0.740. The van der Waals surface area contributed by atoms with Crippen LogP contribution in [0.3, 0.4) is 0 Å². The molecule has 0 saturated heterocycles. The van der Waals surface area contributed by atoms with Crippen molar-refractivity contribution in [2.45, 2.75) is 58.7 Å². The predicted molar refractivity (Wildman–Crippen MR) is 81.8 cm³/mol. The van der Waals surface area contributed by atoms with Crippen molar-refractivity contribution in [2.24, 2.45) is 11.7 Å². The van der Waals surface area contributed by atoms with Crippen LogP contribution >= 0.6 is 0 Å². The van der Waals surface area contributed by atoms with Crippen LogP contribution in [0.5, 0.6) is 0 Å². The highest BCUT2D eigenvalue weighted by molar-refractivity contribution is 5.22. The number of nitrogens with two attached hydrogens (primary N) is 1. The summed E-state index contributed by atoms with van der Waals surface area (Å²) in [7, 11) is 0. The molecule has 0 aromatic heterocycles. The molecule has 0 spiro atoms. The summed E-state index contributed by atoms with van der Waals surface area (Å²) in [5.41, 5.74) is 8.30. The molecule has 0 atom stereocenters. The molecule has 0 bridgehead atoms. The van der Waals surface area contributed by atoms with Gasteiger partial charge in [-0.05, 0) is 29.9 Å². The Morgan fingerprint density at radius 1 is 1.11 bits per heavy atom. The molecule has 2 N–H and O–H groups in total. The largest absolute Gasteiger partial charge is 0.326 e. The van der Waals surface area contributed by atoms with Gasteiger partial charge >= 0.3 is 0 Å². The molecule has 19 heavy (non-hydrogen) atoms. The molecular formula is C17H28N2. The molecule has 1 fully saturated rings. The van der Waals surface area contributed by atoms with Gasteiger partial charge in [0.2, 0.25) is 0 Å². The first kappa shape index (κ1) is 14.5. The zero-order valence-electron chi connectivity index (χ0n) is 12.4. The minimum absolute atomic E-state index is 0.638. The van der Waals surface area contributed by atoms with E-state index in [4.69, 9.17) is 5.73 Å². The van der Waals surface area contributed by atoms with Crippen LogP contribution in [0.15, 0.2) is 24.3 Å². The van der Waals surface area contributed by atoms with Crippen LogP contribution in [0.4, 0.5) is 0 Å². The fourth-order valence-electron chi connectivity index (χ4n) is 3.10. The molecule has 0 unspecified atom stereocenters. The van der Waals surface area contributed by atoms with Gasteiger partial charge in [-0.25, -0.2) is 0 Å². The maximum atomic E-state index is 5.66. The Balaban J connectivity index is 2.01. The summed E-state index contributed by atoms with van der Waals surface area (Å²) in [6, 6.07) is 9.61. The van der Waals surface area contributed by atoms with Crippen molar-refractivity contribution in [1.82, 2.24) is 4.90 Å². The SMILES string of the molecule is CC(C)CN(Cc1ccc(CN)cc1)C1CCCC1. The van der Waals surface area contributed by atoms with Gasteiger partial charge < -0.3 is 5.73 Å². The lowest BCUT2D eigenvalue weighted by molar-refractivity contribution is 0.168. The average molecular weight is 260 g/mol. The molecule has 2 heteroatoms. The summed E-state index contributed by atoms with van der Waals surface area (Å²) < 4.78 is 0. The van der Waals surface area contributed by atoms with Crippen LogP contribution in [-0.4, -0.2) is 17.5 Å². The number of rotatable bonds is 6. The minimum Gasteiger partial charge on any atom is -0.326 e. The maximum absolute atomic E-state index is 5.66. The first-order valence-corrected chi connectivity index (χ1v) is 7.71. The van der Waals surface area contributed by atoms with Gasteiger partial charge in [0.15, 0.2) is 0 Å². The maximum Gasteiger partial charge on any atom is 0.0236 e. The van der Waals surface area contributed by atoms with E-state index in [1.807, 2.05) is 0 Å². The van der Waals surface area contributed by atoms with Crippen molar-refractivity contribution in [3.05, 3.63) is 35.4 Å². The van der Waals surface area contributed by atoms with Gasteiger partial charge in [0, 0.05) is 25.7 Å². The third-order valence-corrected chi connectivity index (χ3v) is 4.09. The van der Waals surface area contributed by atoms with Crippen molar-refractivity contribution >= 4 is 0 Å². The fourth-order valence-corrected chi connectivity index (χ4v) is 3.10. The third-order valence-electron chi connectivity index (χ3n) is 4.09. The van der Waals surface area contributed by atoms with E-state index < -0.39 is 0 Å². The minimum atomic E-state index is 0.638. The topological polar surface area (TPSA) is 29.3 Å². The summed E-state index contributed by atoms with van der Waals surface area (Å²) in [5, 5.41) is 0. The van der Waals surface area contributed by atoms with Crippen molar-refractivity contribution in [3.8, 4) is 0 Å². The number of nitrogens with zero attached hydrogens (tertiary/aromatic N) is 1. The number of benzene rings is 1. The van der Waals surface area contributed by atoms with E-state index in [2.05, 4.69) is 43.0 Å². The molecule has 1 aromatic rings. The lowest BCUT2D eigenvalue weighted by Gasteiger charge is -2.30. The van der Waals surface area contributed by atoms with Gasteiger partial charge in [-0.3, -0.25) is 4.90 Å².